The van der Waals surface area contributed by atoms with Crippen molar-refractivity contribution in [2.75, 3.05) is 6.54 Å². The van der Waals surface area contributed by atoms with E-state index < -0.39 is 5.97 Å². The van der Waals surface area contributed by atoms with Gasteiger partial charge in [-0.3, -0.25) is 14.4 Å². The van der Waals surface area contributed by atoms with Crippen molar-refractivity contribution in [1.29, 1.82) is 0 Å². The highest BCUT2D eigenvalue weighted by Crippen LogP contribution is 2.19. The molecule has 0 spiro atoms. The number of carboxylic acid groups (broad SMARTS) is 1. The fourth-order valence-electron chi connectivity index (χ4n) is 6.33. The Morgan fingerprint density at radius 2 is 0.896 bits per heavy atom. The summed E-state index contributed by atoms with van der Waals surface area (Å²) in [6.45, 7) is 4.23. The van der Waals surface area contributed by atoms with Crippen molar-refractivity contribution >= 4 is 17.8 Å². The minimum atomic E-state index is -1.01. The van der Waals surface area contributed by atoms with Crippen molar-refractivity contribution in [1.82, 2.24) is 5.32 Å². The van der Waals surface area contributed by atoms with Crippen LogP contribution in [0.1, 0.15) is 226 Å². The Morgan fingerprint density at radius 1 is 0.521 bits per heavy atom. The van der Waals surface area contributed by atoms with Gasteiger partial charge in [-0.1, -0.05) is 161 Å². The molecular weight excluding hydrogens is 598 g/mol. The highest BCUT2D eigenvalue weighted by Gasteiger charge is 2.14. The number of carbonyl (C=O) groups excluding carboxylic acids is 2. The molecule has 0 aromatic rings. The lowest BCUT2D eigenvalue weighted by molar-refractivity contribution is -0.150. The molecule has 2 N–H and O–H groups in total. The molecule has 6 heteroatoms. The number of carboxylic acids is 1. The third kappa shape index (κ3) is 37.0. The fraction of sp³-hybridized carbons (Fsp3) is 0.881. The van der Waals surface area contributed by atoms with Crippen LogP contribution in [0.3, 0.4) is 0 Å². The van der Waals surface area contributed by atoms with Crippen LogP contribution in [0.25, 0.3) is 0 Å². The number of ether oxygens (including phenoxy) is 1. The molecule has 0 radical (unpaired) electrons. The molecular formula is C42H79NO5. The van der Waals surface area contributed by atoms with Crippen molar-refractivity contribution in [3.8, 4) is 0 Å². The van der Waals surface area contributed by atoms with E-state index in [2.05, 4.69) is 31.3 Å². The Balaban J connectivity index is 4.11. The van der Waals surface area contributed by atoms with Gasteiger partial charge in [0.25, 0.3) is 0 Å². The second-order valence-electron chi connectivity index (χ2n) is 14.2. The van der Waals surface area contributed by atoms with Gasteiger partial charge in [-0.2, -0.15) is 0 Å². The predicted octanol–water partition coefficient (Wildman–Crippen LogP) is 12.6. The minimum Gasteiger partial charge on any atom is -0.480 e. The van der Waals surface area contributed by atoms with Crippen LogP contribution in [0, 0.1) is 0 Å². The van der Waals surface area contributed by atoms with Crippen molar-refractivity contribution < 1.29 is 24.2 Å². The van der Waals surface area contributed by atoms with Gasteiger partial charge < -0.3 is 15.2 Å². The number of nitrogens with one attached hydrogen (secondary N) is 1. The summed E-state index contributed by atoms with van der Waals surface area (Å²) in [5, 5.41) is 11.1. The maximum absolute atomic E-state index is 12.7. The predicted molar refractivity (Wildman–Crippen MR) is 203 cm³/mol. The van der Waals surface area contributed by atoms with Gasteiger partial charge in [0.2, 0.25) is 5.91 Å². The maximum atomic E-state index is 12.7. The van der Waals surface area contributed by atoms with Gasteiger partial charge in [0, 0.05) is 12.8 Å². The third-order valence-corrected chi connectivity index (χ3v) is 9.44. The summed E-state index contributed by atoms with van der Waals surface area (Å²) in [5.41, 5.74) is 0. The number of unbranched alkanes of at least 4 members (excludes halogenated alkanes) is 25. The lowest BCUT2D eigenvalue weighted by Gasteiger charge is -2.18. The highest BCUT2D eigenvalue weighted by atomic mass is 16.5. The number of esters is 1. The van der Waals surface area contributed by atoms with Crippen molar-refractivity contribution in [3.05, 3.63) is 12.2 Å². The molecule has 282 valence electrons. The van der Waals surface area contributed by atoms with Gasteiger partial charge >= 0.3 is 11.9 Å². The summed E-state index contributed by atoms with van der Waals surface area (Å²) in [5.74, 6) is -1.23. The first-order chi connectivity index (χ1) is 23.5. The molecule has 0 saturated heterocycles. The monoisotopic (exact) mass is 678 g/mol. The zero-order chi connectivity index (χ0) is 35.2. The summed E-state index contributed by atoms with van der Waals surface area (Å²) in [4.78, 5) is 34.9. The van der Waals surface area contributed by atoms with Crippen molar-refractivity contribution in [3.63, 3.8) is 0 Å². The third-order valence-electron chi connectivity index (χ3n) is 9.44. The Kier molecular flexibility index (Phi) is 36.5. The molecule has 0 aliphatic heterocycles. The van der Waals surface area contributed by atoms with Gasteiger partial charge in [0.05, 0.1) is 0 Å². The molecule has 1 unspecified atom stereocenters. The number of hydrogen-bond acceptors (Lipinski definition) is 4. The van der Waals surface area contributed by atoms with Crippen LogP contribution in [0.4, 0.5) is 0 Å². The quantitative estimate of drug-likeness (QED) is 0.0385. The van der Waals surface area contributed by atoms with Gasteiger partial charge in [-0.05, 0) is 64.2 Å². The van der Waals surface area contributed by atoms with Crippen LogP contribution in [0.15, 0.2) is 12.2 Å². The van der Waals surface area contributed by atoms with Crippen LogP contribution >= 0.6 is 0 Å². The van der Waals surface area contributed by atoms with E-state index in [1.54, 1.807) is 0 Å². The molecule has 0 saturated carbocycles. The molecule has 0 aromatic heterocycles. The number of carbonyl (C=O) groups is 3. The zero-order valence-corrected chi connectivity index (χ0v) is 31.9. The summed E-state index contributed by atoms with van der Waals surface area (Å²) in [7, 11) is 0. The molecule has 48 heavy (non-hydrogen) atoms. The summed E-state index contributed by atoms with van der Waals surface area (Å²) < 4.78 is 6.01. The van der Waals surface area contributed by atoms with Crippen LogP contribution in [0.5, 0.6) is 0 Å². The topological polar surface area (TPSA) is 92.7 Å². The first-order valence-electron chi connectivity index (χ1n) is 20.8. The Morgan fingerprint density at radius 3 is 1.33 bits per heavy atom. The number of allylic oxidation sites excluding steroid dienone is 2. The van der Waals surface area contributed by atoms with Gasteiger partial charge in [-0.15, -0.1) is 0 Å². The van der Waals surface area contributed by atoms with E-state index in [-0.39, 0.29) is 24.5 Å². The number of amides is 1. The van der Waals surface area contributed by atoms with Gasteiger partial charge in [0.1, 0.15) is 12.6 Å². The largest absolute Gasteiger partial charge is 0.480 e. The lowest BCUT2D eigenvalue weighted by Crippen LogP contribution is -2.28. The van der Waals surface area contributed by atoms with Crippen LogP contribution < -0.4 is 5.32 Å². The van der Waals surface area contributed by atoms with E-state index in [1.165, 1.54) is 135 Å². The molecule has 0 aromatic carbocycles. The van der Waals surface area contributed by atoms with Crippen LogP contribution in [0.2, 0.25) is 0 Å². The standard InChI is InChI=1S/C42H79NO5/c1-3-5-7-9-11-13-15-16-17-18-19-20-22-24-29-33-37-42(47)48-39(34-30-26-23-21-14-12-10-8-6-4-2)35-31-27-25-28-32-36-40(44)43-38-41(45)46/h17-18,39H,3-16,19-38H2,1-2H3,(H,43,44)(H,45,46)/b18-17-. The molecule has 0 aliphatic carbocycles. The molecule has 0 rings (SSSR count). The zero-order valence-electron chi connectivity index (χ0n) is 31.9. The van der Waals surface area contributed by atoms with Crippen molar-refractivity contribution in [2.24, 2.45) is 0 Å². The SMILES string of the molecule is CCCCCCCCC/C=C\CCCCCCCC(=O)OC(CCCCCCCCCCCC)CCCCCCCC(=O)NCC(=O)O. The van der Waals surface area contributed by atoms with E-state index in [0.29, 0.717) is 12.8 Å². The van der Waals surface area contributed by atoms with E-state index in [1.807, 2.05) is 0 Å². The molecule has 0 fully saturated rings. The van der Waals surface area contributed by atoms with Crippen LogP contribution in [-0.4, -0.2) is 35.6 Å². The Labute approximate surface area is 297 Å². The summed E-state index contributed by atoms with van der Waals surface area (Å²) in [6.07, 6.45) is 43.3. The molecule has 0 bridgehead atoms. The van der Waals surface area contributed by atoms with E-state index in [9.17, 15) is 14.4 Å². The van der Waals surface area contributed by atoms with E-state index in [4.69, 9.17) is 9.84 Å². The van der Waals surface area contributed by atoms with E-state index in [0.717, 1.165) is 64.2 Å². The minimum absolute atomic E-state index is 0.0206. The second-order valence-corrected chi connectivity index (χ2v) is 14.2. The van der Waals surface area contributed by atoms with Gasteiger partial charge in [0.15, 0.2) is 0 Å². The first-order valence-corrected chi connectivity index (χ1v) is 20.8. The summed E-state index contributed by atoms with van der Waals surface area (Å²) in [6, 6.07) is 0. The number of aliphatic carboxylic acids is 1. The number of hydrogen-bond donors (Lipinski definition) is 2. The van der Waals surface area contributed by atoms with Crippen LogP contribution in [-0.2, 0) is 19.1 Å². The normalized spacial score (nSPS) is 12.0. The molecule has 6 nitrogen and oxygen atoms in total. The fourth-order valence-corrected chi connectivity index (χ4v) is 6.33. The first kappa shape index (κ1) is 46.1. The highest BCUT2D eigenvalue weighted by molar-refractivity contribution is 5.80. The smallest absolute Gasteiger partial charge is 0.322 e. The molecule has 1 amide bonds. The second kappa shape index (κ2) is 38.0. The van der Waals surface area contributed by atoms with E-state index >= 15 is 0 Å². The molecule has 0 heterocycles. The average molecular weight is 678 g/mol. The average Bonchev–Trinajstić information content (AvgIpc) is 3.07. The molecule has 1 atom stereocenters. The van der Waals surface area contributed by atoms with Crippen molar-refractivity contribution in [2.45, 2.75) is 232 Å². The Hall–Kier alpha value is -1.85. The summed E-state index contributed by atoms with van der Waals surface area (Å²) >= 11 is 0. The lowest BCUT2D eigenvalue weighted by atomic mass is 10.0. The maximum Gasteiger partial charge on any atom is 0.322 e. The molecule has 0 aliphatic rings. The number of rotatable bonds is 38. The van der Waals surface area contributed by atoms with Gasteiger partial charge in [-0.25, -0.2) is 0 Å². The Bertz CT molecular complexity index is 752.